The summed E-state index contributed by atoms with van der Waals surface area (Å²) < 4.78 is 26.1. The maximum absolute atomic E-state index is 13.0. The predicted octanol–water partition coefficient (Wildman–Crippen LogP) is 4.04. The number of hydrogen-bond donors (Lipinski definition) is 1. The molecule has 5 heteroatoms. The van der Waals surface area contributed by atoms with Crippen LogP contribution in [0, 0.1) is 0 Å². The number of Topliss-reactive ketones (excluding diaryl/α,β-unsaturated/α-hetero) is 1. The van der Waals surface area contributed by atoms with Gasteiger partial charge < -0.3 is 9.29 Å². The van der Waals surface area contributed by atoms with Gasteiger partial charge in [0.15, 0.2) is 16.7 Å². The fourth-order valence-corrected chi connectivity index (χ4v) is 3.37. The Kier molecular flexibility index (Phi) is 4.88. The summed E-state index contributed by atoms with van der Waals surface area (Å²) in [5.41, 5.74) is 2.10. The van der Waals surface area contributed by atoms with Crippen molar-refractivity contribution in [1.82, 2.24) is 0 Å². The second-order valence-corrected chi connectivity index (χ2v) is 7.18. The maximum Gasteiger partial charge on any atom is 0.210 e. The molecule has 0 spiro atoms. The molecule has 0 radical (unpaired) electrons. The first-order chi connectivity index (χ1) is 11.9. The Hall–Kier alpha value is -2.24. The van der Waals surface area contributed by atoms with Crippen LogP contribution >= 0.6 is 0 Å². The van der Waals surface area contributed by atoms with E-state index >= 15 is 0 Å². The number of carbonyl (C=O) groups is 1. The lowest BCUT2D eigenvalue weighted by Gasteiger charge is -2.21. The van der Waals surface area contributed by atoms with Crippen LogP contribution in [0.5, 0.6) is 0 Å². The van der Waals surface area contributed by atoms with Crippen LogP contribution in [0.4, 0.5) is 0 Å². The highest BCUT2D eigenvalue weighted by Gasteiger charge is 2.44. The zero-order chi connectivity index (χ0) is 18.0. The molecule has 2 atom stereocenters. The number of rotatable bonds is 5. The van der Waals surface area contributed by atoms with E-state index in [1.807, 2.05) is 56.3 Å². The summed E-state index contributed by atoms with van der Waals surface area (Å²) in [5, 5.41) is 0. The largest absolute Gasteiger partial charge is 0.478 e. The smallest absolute Gasteiger partial charge is 0.210 e. The Morgan fingerprint density at radius 3 is 2.24 bits per heavy atom. The molecule has 0 aromatic heterocycles. The van der Waals surface area contributed by atoms with E-state index in [0.717, 1.165) is 16.7 Å². The summed E-state index contributed by atoms with van der Waals surface area (Å²) in [6.07, 6.45) is 0.577. The first-order valence-corrected chi connectivity index (χ1v) is 9.42. The van der Waals surface area contributed by atoms with Gasteiger partial charge in [0.1, 0.15) is 5.76 Å². The topological polar surface area (TPSA) is 63.6 Å². The van der Waals surface area contributed by atoms with Crippen molar-refractivity contribution < 1.29 is 18.3 Å². The highest BCUT2D eigenvalue weighted by atomic mass is 32.2. The van der Waals surface area contributed by atoms with Crippen LogP contribution in [0.15, 0.2) is 54.6 Å². The van der Waals surface area contributed by atoms with Crippen molar-refractivity contribution in [2.45, 2.75) is 31.6 Å². The first-order valence-electron chi connectivity index (χ1n) is 8.15. The summed E-state index contributed by atoms with van der Waals surface area (Å²) in [4.78, 5) is 13.0. The van der Waals surface area contributed by atoms with Crippen LogP contribution in [0.25, 0.3) is 11.3 Å². The molecule has 0 bridgehead atoms. The average molecular weight is 356 g/mol. The lowest BCUT2D eigenvalue weighted by atomic mass is 9.90. The number of benzene rings is 2. The van der Waals surface area contributed by atoms with E-state index < -0.39 is 16.7 Å². The van der Waals surface area contributed by atoms with Gasteiger partial charge in [0.25, 0.3) is 0 Å². The van der Waals surface area contributed by atoms with Crippen molar-refractivity contribution in [2.24, 2.45) is 0 Å². The fraction of sp³-hybridized carbons (Fsp3) is 0.250. The standard InChI is InChI=1S/C20H20O4S/c1-3-20(2)19(21)17(15-7-5-4-6-8-15)18(24-20)16-11-9-14(10-12-16)13-25(22)23/h4-12H,3,13H2,1-2H3,(H,22,23). The molecule has 1 N–H and O–H groups in total. The van der Waals surface area contributed by atoms with Gasteiger partial charge in [0.05, 0.1) is 11.3 Å². The van der Waals surface area contributed by atoms with Gasteiger partial charge in [-0.25, -0.2) is 4.21 Å². The quantitative estimate of drug-likeness (QED) is 0.821. The molecule has 2 aromatic carbocycles. The SMILES string of the molecule is CCC1(C)OC(c2ccc(CS(=O)O)cc2)=C(c2ccccc2)C1=O. The Balaban J connectivity index is 2.07. The summed E-state index contributed by atoms with van der Waals surface area (Å²) in [6.45, 7) is 3.75. The average Bonchev–Trinajstić information content (AvgIpc) is 2.88. The van der Waals surface area contributed by atoms with Gasteiger partial charge in [-0.15, -0.1) is 0 Å². The van der Waals surface area contributed by atoms with E-state index in [1.165, 1.54) is 0 Å². The molecule has 3 rings (SSSR count). The molecule has 130 valence electrons. The van der Waals surface area contributed by atoms with Gasteiger partial charge in [-0.05, 0) is 24.5 Å². The zero-order valence-corrected chi connectivity index (χ0v) is 15.0. The molecule has 0 aliphatic carbocycles. The summed E-state index contributed by atoms with van der Waals surface area (Å²) in [7, 11) is 0. The Labute approximate surface area is 149 Å². The molecule has 1 aliphatic heterocycles. The van der Waals surface area contributed by atoms with Crippen LogP contribution in [0.2, 0.25) is 0 Å². The molecule has 0 saturated carbocycles. The molecule has 2 unspecified atom stereocenters. The maximum atomic E-state index is 13.0. The van der Waals surface area contributed by atoms with E-state index in [0.29, 0.717) is 17.8 Å². The molecule has 0 amide bonds. The Morgan fingerprint density at radius 1 is 1.04 bits per heavy atom. The molecule has 1 heterocycles. The number of ether oxygens (including phenoxy) is 1. The van der Waals surface area contributed by atoms with Gasteiger partial charge in [0.2, 0.25) is 5.78 Å². The summed E-state index contributed by atoms with van der Waals surface area (Å²) in [5.74, 6) is 0.631. The lowest BCUT2D eigenvalue weighted by Crippen LogP contribution is -2.32. The van der Waals surface area contributed by atoms with Crippen LogP contribution in [0.1, 0.15) is 37.0 Å². The number of hydrogen-bond acceptors (Lipinski definition) is 3. The van der Waals surface area contributed by atoms with Gasteiger partial charge in [-0.1, -0.05) is 61.5 Å². The second-order valence-electron chi connectivity index (χ2n) is 6.25. The van der Waals surface area contributed by atoms with E-state index in [9.17, 15) is 9.00 Å². The monoisotopic (exact) mass is 356 g/mol. The third-order valence-electron chi connectivity index (χ3n) is 4.51. The van der Waals surface area contributed by atoms with E-state index in [4.69, 9.17) is 9.29 Å². The van der Waals surface area contributed by atoms with Crippen LogP contribution < -0.4 is 0 Å². The molecule has 2 aromatic rings. The fourth-order valence-electron chi connectivity index (χ4n) is 2.89. The van der Waals surface area contributed by atoms with Crippen molar-refractivity contribution in [2.75, 3.05) is 0 Å². The second kappa shape index (κ2) is 6.94. The van der Waals surface area contributed by atoms with E-state index in [2.05, 4.69) is 0 Å². The van der Waals surface area contributed by atoms with Crippen molar-refractivity contribution in [3.8, 4) is 0 Å². The Morgan fingerprint density at radius 2 is 1.68 bits per heavy atom. The summed E-state index contributed by atoms with van der Waals surface area (Å²) >= 11 is -1.88. The molecular weight excluding hydrogens is 336 g/mol. The molecule has 0 fully saturated rings. The van der Waals surface area contributed by atoms with Crippen molar-refractivity contribution >= 4 is 28.2 Å². The lowest BCUT2D eigenvalue weighted by molar-refractivity contribution is -0.126. The first kappa shape index (κ1) is 17.6. The normalized spacial score (nSPS) is 21.3. The van der Waals surface area contributed by atoms with Gasteiger partial charge in [0, 0.05) is 5.56 Å². The highest BCUT2D eigenvalue weighted by Crippen LogP contribution is 2.42. The minimum absolute atomic E-state index is 0.0169. The van der Waals surface area contributed by atoms with Crippen LogP contribution in [-0.4, -0.2) is 20.1 Å². The Bertz CT molecular complexity index is 840. The summed E-state index contributed by atoms with van der Waals surface area (Å²) in [6, 6.07) is 16.7. The van der Waals surface area contributed by atoms with Crippen molar-refractivity contribution in [3.05, 3.63) is 71.3 Å². The predicted molar refractivity (Wildman–Crippen MR) is 99.0 cm³/mol. The molecule has 25 heavy (non-hydrogen) atoms. The zero-order valence-electron chi connectivity index (χ0n) is 14.2. The van der Waals surface area contributed by atoms with Crippen LogP contribution in [-0.2, 0) is 26.4 Å². The van der Waals surface area contributed by atoms with Crippen molar-refractivity contribution in [3.63, 3.8) is 0 Å². The molecule has 0 saturated heterocycles. The number of ketones is 1. The van der Waals surface area contributed by atoms with Gasteiger partial charge in [-0.2, -0.15) is 0 Å². The number of carbonyl (C=O) groups excluding carboxylic acids is 1. The van der Waals surface area contributed by atoms with E-state index in [1.54, 1.807) is 12.1 Å². The van der Waals surface area contributed by atoms with E-state index in [-0.39, 0.29) is 11.5 Å². The minimum Gasteiger partial charge on any atom is -0.478 e. The molecular formula is C20H20O4S. The molecule has 1 aliphatic rings. The minimum atomic E-state index is -1.88. The molecule has 4 nitrogen and oxygen atoms in total. The van der Waals surface area contributed by atoms with Crippen LogP contribution in [0.3, 0.4) is 0 Å². The van der Waals surface area contributed by atoms with Gasteiger partial charge in [-0.3, -0.25) is 4.79 Å². The van der Waals surface area contributed by atoms with Gasteiger partial charge >= 0.3 is 0 Å². The third-order valence-corrected chi connectivity index (χ3v) is 5.09. The third kappa shape index (κ3) is 3.43. The van der Waals surface area contributed by atoms with Crippen molar-refractivity contribution in [1.29, 1.82) is 0 Å². The highest BCUT2D eigenvalue weighted by molar-refractivity contribution is 7.78.